The minimum atomic E-state index is -0.476. The summed E-state index contributed by atoms with van der Waals surface area (Å²) in [5, 5.41) is 5.92. The minimum Gasteiger partial charge on any atom is -0.445 e. The summed E-state index contributed by atoms with van der Waals surface area (Å²) >= 11 is 0. The van der Waals surface area contributed by atoms with Crippen molar-refractivity contribution in [2.45, 2.75) is 44.4 Å². The second-order valence-electron chi connectivity index (χ2n) is 7.95. The smallest absolute Gasteiger partial charge is 0.407 e. The van der Waals surface area contributed by atoms with E-state index in [0.29, 0.717) is 19.4 Å². The maximum Gasteiger partial charge on any atom is 0.407 e. The highest BCUT2D eigenvalue weighted by molar-refractivity contribution is 5.76. The molecule has 4 rings (SSSR count). The fourth-order valence-corrected chi connectivity index (χ4v) is 4.16. The first-order chi connectivity index (χ1) is 15.7. The Kier molecular flexibility index (Phi) is 7.17. The van der Waals surface area contributed by atoms with Gasteiger partial charge in [0.15, 0.2) is 0 Å². The first-order valence-corrected chi connectivity index (χ1v) is 11.0. The van der Waals surface area contributed by atoms with Crippen LogP contribution in [-0.4, -0.2) is 28.1 Å². The lowest BCUT2D eigenvalue weighted by Crippen LogP contribution is -2.37. The Hall–Kier alpha value is -3.61. The van der Waals surface area contributed by atoms with Crippen LogP contribution in [0.3, 0.4) is 0 Å². The third-order valence-corrected chi connectivity index (χ3v) is 5.77. The molecule has 7 heteroatoms. The number of hydrogen-bond acceptors (Lipinski definition) is 4. The summed E-state index contributed by atoms with van der Waals surface area (Å²) in [6, 6.07) is 17.8. The molecular formula is C25H28N4O3. The third kappa shape index (κ3) is 5.55. The monoisotopic (exact) mass is 432 g/mol. The van der Waals surface area contributed by atoms with Gasteiger partial charge in [-0.05, 0) is 36.0 Å². The van der Waals surface area contributed by atoms with Crippen LogP contribution in [0.2, 0.25) is 0 Å². The Morgan fingerprint density at radius 2 is 1.91 bits per heavy atom. The first kappa shape index (κ1) is 21.6. The first-order valence-electron chi connectivity index (χ1n) is 11.0. The average molecular weight is 433 g/mol. The number of benzene rings is 2. The molecule has 2 amide bonds. The molecule has 0 radical (unpaired) electrons. The van der Waals surface area contributed by atoms with Crippen molar-refractivity contribution in [3.63, 3.8) is 0 Å². The number of imidazole rings is 1. The van der Waals surface area contributed by atoms with Gasteiger partial charge in [0.25, 0.3) is 0 Å². The molecule has 0 spiro atoms. The van der Waals surface area contributed by atoms with E-state index >= 15 is 0 Å². The van der Waals surface area contributed by atoms with Crippen molar-refractivity contribution in [1.29, 1.82) is 0 Å². The normalized spacial score (nSPS) is 17.2. The molecule has 166 valence electrons. The zero-order valence-corrected chi connectivity index (χ0v) is 17.9. The summed E-state index contributed by atoms with van der Waals surface area (Å²) in [5.41, 5.74) is 3.37. The van der Waals surface area contributed by atoms with E-state index < -0.39 is 6.09 Å². The molecule has 0 saturated carbocycles. The van der Waals surface area contributed by atoms with Gasteiger partial charge >= 0.3 is 6.09 Å². The molecule has 0 bridgehead atoms. The largest absolute Gasteiger partial charge is 0.445 e. The molecule has 0 fully saturated rings. The van der Waals surface area contributed by atoms with E-state index in [0.717, 1.165) is 24.0 Å². The van der Waals surface area contributed by atoms with Gasteiger partial charge in [0.1, 0.15) is 6.61 Å². The summed E-state index contributed by atoms with van der Waals surface area (Å²) in [6.07, 6.45) is 7.82. The zero-order valence-electron chi connectivity index (χ0n) is 17.9. The van der Waals surface area contributed by atoms with E-state index in [1.165, 1.54) is 5.56 Å². The quantitative estimate of drug-likeness (QED) is 0.528. The number of nitrogens with one attached hydrogen (secondary N) is 2. The summed E-state index contributed by atoms with van der Waals surface area (Å²) in [6.45, 7) is 0.608. The average Bonchev–Trinajstić information content (AvgIpc) is 3.36. The number of carbonyl (C=O) groups excluding carboxylic acids is 2. The zero-order chi connectivity index (χ0) is 22.2. The number of ether oxygens (including phenoxy) is 1. The maximum absolute atomic E-state index is 12.7. The Morgan fingerprint density at radius 3 is 2.72 bits per heavy atom. The number of rotatable bonds is 8. The van der Waals surface area contributed by atoms with Crippen molar-refractivity contribution in [1.82, 2.24) is 20.2 Å². The van der Waals surface area contributed by atoms with Crippen molar-refractivity contribution in [3.8, 4) is 0 Å². The number of aromatic nitrogens is 2. The molecule has 0 aliphatic heterocycles. The molecule has 2 aromatic carbocycles. The summed E-state index contributed by atoms with van der Waals surface area (Å²) < 4.78 is 7.27. The van der Waals surface area contributed by atoms with Gasteiger partial charge in [0, 0.05) is 25.4 Å². The molecule has 7 nitrogen and oxygen atoms in total. The molecule has 3 aromatic rings. The molecule has 1 aliphatic carbocycles. The van der Waals surface area contributed by atoms with Crippen LogP contribution in [-0.2, 0) is 22.6 Å². The van der Waals surface area contributed by atoms with Gasteiger partial charge in [-0.15, -0.1) is 0 Å². The summed E-state index contributed by atoms with van der Waals surface area (Å²) in [7, 11) is 0. The second kappa shape index (κ2) is 10.6. The summed E-state index contributed by atoms with van der Waals surface area (Å²) in [5.74, 6) is -0.0312. The van der Waals surface area contributed by atoms with Crippen LogP contribution in [0.4, 0.5) is 4.79 Å². The Morgan fingerprint density at radius 1 is 1.09 bits per heavy atom. The predicted molar refractivity (Wildman–Crippen MR) is 121 cm³/mol. The maximum atomic E-state index is 12.7. The van der Waals surface area contributed by atoms with Crippen molar-refractivity contribution in [2.24, 2.45) is 0 Å². The molecule has 2 N–H and O–H groups in total. The third-order valence-electron chi connectivity index (χ3n) is 5.77. The van der Waals surface area contributed by atoms with Gasteiger partial charge in [-0.3, -0.25) is 4.79 Å². The highest BCUT2D eigenvalue weighted by Crippen LogP contribution is 2.37. The topological polar surface area (TPSA) is 85.3 Å². The fraction of sp³-hybridized carbons (Fsp3) is 0.320. The molecule has 2 atom stereocenters. The summed E-state index contributed by atoms with van der Waals surface area (Å²) in [4.78, 5) is 28.7. The van der Waals surface area contributed by atoms with E-state index in [2.05, 4.69) is 32.3 Å². The van der Waals surface area contributed by atoms with Gasteiger partial charge in [-0.2, -0.15) is 0 Å². The molecular weight excluding hydrogens is 404 g/mol. The van der Waals surface area contributed by atoms with E-state index in [1.54, 1.807) is 6.20 Å². The Bertz CT molecular complexity index is 1020. The van der Waals surface area contributed by atoms with Crippen LogP contribution in [0.5, 0.6) is 0 Å². The number of amides is 2. The van der Waals surface area contributed by atoms with Crippen molar-refractivity contribution in [3.05, 3.63) is 90.0 Å². The van der Waals surface area contributed by atoms with Crippen molar-refractivity contribution in [2.75, 3.05) is 6.54 Å². The van der Waals surface area contributed by atoms with Crippen molar-refractivity contribution < 1.29 is 14.3 Å². The van der Waals surface area contributed by atoms with Gasteiger partial charge in [-0.1, -0.05) is 54.6 Å². The van der Waals surface area contributed by atoms with Gasteiger partial charge < -0.3 is 19.9 Å². The highest BCUT2D eigenvalue weighted by atomic mass is 16.5. The van der Waals surface area contributed by atoms with Crippen LogP contribution in [0.25, 0.3) is 0 Å². The van der Waals surface area contributed by atoms with Crippen molar-refractivity contribution >= 4 is 12.0 Å². The number of carbonyl (C=O) groups is 2. The van der Waals surface area contributed by atoms with E-state index in [4.69, 9.17) is 4.74 Å². The number of aryl methyl sites for hydroxylation is 1. The van der Waals surface area contributed by atoms with Gasteiger partial charge in [-0.25, -0.2) is 9.78 Å². The van der Waals surface area contributed by atoms with E-state index in [1.807, 2.05) is 55.0 Å². The van der Waals surface area contributed by atoms with Crippen LogP contribution in [0.1, 0.15) is 48.0 Å². The molecule has 1 aromatic heterocycles. The van der Waals surface area contributed by atoms with E-state index in [-0.39, 0.29) is 24.6 Å². The Labute approximate surface area is 187 Å². The number of hydrogen-bond donors (Lipinski definition) is 2. The molecule has 0 saturated heterocycles. The van der Waals surface area contributed by atoms with Gasteiger partial charge in [0.05, 0.1) is 18.4 Å². The van der Waals surface area contributed by atoms with E-state index in [9.17, 15) is 9.59 Å². The molecule has 0 unspecified atom stereocenters. The standard InChI is InChI=1S/C25H28N4O3/c30-23(11-6-14-27-25(31)32-17-19-7-2-1-3-8-19)28-24-21-10-5-4-9-20(21)12-13-22(24)29-16-15-26-18-29/h1-5,7-10,15-16,18,22,24H,6,11-14,17H2,(H,27,31)(H,28,30)/t22-,24-/m1/s1. The lowest BCUT2D eigenvalue weighted by atomic mass is 9.83. The SMILES string of the molecule is O=C(CCCNC(=O)OCc1ccccc1)N[C@@H]1c2ccccc2CC[C@H]1n1ccnc1. The molecule has 32 heavy (non-hydrogen) atoms. The number of fused-ring (bicyclic) bond motifs is 1. The van der Waals surface area contributed by atoms with Crippen LogP contribution in [0, 0.1) is 0 Å². The lowest BCUT2D eigenvalue weighted by Gasteiger charge is -2.35. The molecule has 1 aliphatic rings. The number of alkyl carbamates (subject to hydrolysis) is 1. The number of nitrogens with zero attached hydrogens (tertiary/aromatic N) is 2. The Balaban J connectivity index is 1.26. The van der Waals surface area contributed by atoms with Gasteiger partial charge in [0.2, 0.25) is 5.91 Å². The second-order valence-corrected chi connectivity index (χ2v) is 7.95. The predicted octanol–water partition coefficient (Wildman–Crippen LogP) is 3.93. The van der Waals surface area contributed by atoms with Crippen LogP contribution in [0.15, 0.2) is 73.3 Å². The fourth-order valence-electron chi connectivity index (χ4n) is 4.16. The van der Waals surface area contributed by atoms with Crippen LogP contribution < -0.4 is 10.6 Å². The lowest BCUT2D eigenvalue weighted by molar-refractivity contribution is -0.122. The molecule has 1 heterocycles. The highest BCUT2D eigenvalue weighted by Gasteiger charge is 2.31. The minimum absolute atomic E-state index is 0.0312. The van der Waals surface area contributed by atoms with Crippen LogP contribution >= 0.6 is 0 Å².